The fourth-order valence-electron chi connectivity index (χ4n) is 2.92. The molecular formula is C17H20N6O. The molecule has 124 valence electrons. The molecule has 0 unspecified atom stereocenters. The molecule has 0 saturated carbocycles. The third-order valence-electron chi connectivity index (χ3n) is 4.06. The number of nitriles is 1. The summed E-state index contributed by atoms with van der Waals surface area (Å²) >= 11 is 0. The fraction of sp³-hybridized carbons (Fsp3) is 0.353. The summed E-state index contributed by atoms with van der Waals surface area (Å²) in [6.45, 7) is 1.73. The largest absolute Gasteiger partial charge is 0.367 e. The maximum Gasteiger partial charge on any atom is 0.319 e. The summed E-state index contributed by atoms with van der Waals surface area (Å²) in [5, 5.41) is 18.9. The normalized spacial score (nSPS) is 17.2. The maximum atomic E-state index is 12.2. The van der Waals surface area contributed by atoms with Crippen molar-refractivity contribution in [1.29, 1.82) is 5.26 Å². The number of nitrogens with one attached hydrogen (secondary N) is 2. The molecule has 7 heteroatoms. The number of benzene rings is 1. The van der Waals surface area contributed by atoms with E-state index in [0.29, 0.717) is 11.3 Å². The Hall–Kier alpha value is -3.01. The average molecular weight is 324 g/mol. The van der Waals surface area contributed by atoms with Crippen molar-refractivity contribution in [3.63, 3.8) is 0 Å². The second-order valence-electron chi connectivity index (χ2n) is 5.95. The van der Waals surface area contributed by atoms with Gasteiger partial charge < -0.3 is 15.5 Å². The number of hydrogen-bond donors (Lipinski definition) is 2. The molecule has 2 aromatic rings. The second kappa shape index (κ2) is 7.04. The third kappa shape index (κ3) is 3.84. The number of carbonyl (C=O) groups is 1. The first-order valence-corrected chi connectivity index (χ1v) is 7.95. The van der Waals surface area contributed by atoms with Gasteiger partial charge in [0.15, 0.2) is 0 Å². The van der Waals surface area contributed by atoms with Gasteiger partial charge >= 0.3 is 6.03 Å². The number of piperidine rings is 1. The Morgan fingerprint density at radius 2 is 2.33 bits per heavy atom. The van der Waals surface area contributed by atoms with Gasteiger partial charge in [0.2, 0.25) is 0 Å². The molecule has 1 aliphatic rings. The Bertz CT molecular complexity index is 762. The summed E-state index contributed by atoms with van der Waals surface area (Å²) in [4.78, 5) is 14.4. The maximum absolute atomic E-state index is 12.2. The Morgan fingerprint density at radius 3 is 3.08 bits per heavy atom. The minimum atomic E-state index is -0.247. The summed E-state index contributed by atoms with van der Waals surface area (Å²) in [6, 6.07) is 8.77. The molecule has 7 nitrogen and oxygen atoms in total. The van der Waals surface area contributed by atoms with Gasteiger partial charge in [-0.15, -0.1) is 0 Å². The topological polar surface area (TPSA) is 86.0 Å². The average Bonchev–Trinajstić information content (AvgIpc) is 3.02. The number of hydrogen-bond acceptors (Lipinski definition) is 4. The van der Waals surface area contributed by atoms with E-state index in [1.807, 2.05) is 19.4 Å². The second-order valence-corrected chi connectivity index (χ2v) is 5.95. The van der Waals surface area contributed by atoms with E-state index in [4.69, 9.17) is 5.26 Å². The van der Waals surface area contributed by atoms with Gasteiger partial charge in [-0.05, 0) is 31.0 Å². The third-order valence-corrected chi connectivity index (χ3v) is 4.06. The van der Waals surface area contributed by atoms with Gasteiger partial charge in [0.1, 0.15) is 0 Å². The number of urea groups is 1. The highest BCUT2D eigenvalue weighted by Gasteiger charge is 2.22. The molecule has 0 spiro atoms. The Labute approximate surface area is 140 Å². The molecule has 2 N–H and O–H groups in total. The van der Waals surface area contributed by atoms with Crippen LogP contribution in [0.1, 0.15) is 18.4 Å². The van der Waals surface area contributed by atoms with Crippen molar-refractivity contribution < 1.29 is 4.79 Å². The molecule has 1 aromatic heterocycles. The number of anilines is 2. The van der Waals surface area contributed by atoms with Gasteiger partial charge in [0.25, 0.3) is 0 Å². The summed E-state index contributed by atoms with van der Waals surface area (Å²) in [6.07, 6.45) is 5.79. The summed E-state index contributed by atoms with van der Waals surface area (Å²) in [5.41, 5.74) is 2.21. The van der Waals surface area contributed by atoms with Crippen LogP contribution in [-0.2, 0) is 7.05 Å². The first-order chi connectivity index (χ1) is 11.6. The van der Waals surface area contributed by atoms with E-state index >= 15 is 0 Å². The monoisotopic (exact) mass is 324 g/mol. The molecule has 0 radical (unpaired) electrons. The standard InChI is InChI=1S/C17H20N6O/c1-22-12-16(10-19-22)23-7-3-6-15(11-23)21-17(24)20-14-5-2-4-13(8-14)9-18/h2,4-5,8,10,12,15H,3,6-7,11H2,1H3,(H2,20,21,24)/t15-/m0/s1. The van der Waals surface area contributed by atoms with Gasteiger partial charge in [0.05, 0.1) is 23.5 Å². The number of amides is 2. The lowest BCUT2D eigenvalue weighted by Gasteiger charge is -2.33. The SMILES string of the molecule is Cn1cc(N2CCC[C@H](NC(=O)Nc3cccc(C#N)c3)C2)cn1. The van der Waals surface area contributed by atoms with E-state index in [1.165, 1.54) is 0 Å². The molecule has 1 fully saturated rings. The first kappa shape index (κ1) is 15.9. The lowest BCUT2D eigenvalue weighted by atomic mass is 10.1. The zero-order valence-corrected chi connectivity index (χ0v) is 13.6. The van der Waals surface area contributed by atoms with E-state index in [-0.39, 0.29) is 12.1 Å². The van der Waals surface area contributed by atoms with Crippen molar-refractivity contribution in [3.05, 3.63) is 42.2 Å². The van der Waals surface area contributed by atoms with Crippen molar-refractivity contribution in [2.24, 2.45) is 7.05 Å². The van der Waals surface area contributed by atoms with E-state index in [0.717, 1.165) is 31.6 Å². The molecule has 0 bridgehead atoms. The fourth-order valence-corrected chi connectivity index (χ4v) is 2.92. The molecule has 2 heterocycles. The van der Waals surface area contributed by atoms with E-state index in [2.05, 4.69) is 26.7 Å². The Morgan fingerprint density at radius 1 is 1.46 bits per heavy atom. The van der Waals surface area contributed by atoms with E-state index in [9.17, 15) is 4.79 Å². The molecule has 3 rings (SSSR count). The van der Waals surface area contributed by atoms with Crippen LogP contribution >= 0.6 is 0 Å². The Kier molecular flexibility index (Phi) is 4.66. The molecule has 1 saturated heterocycles. The number of rotatable bonds is 3. The highest BCUT2D eigenvalue weighted by Crippen LogP contribution is 2.19. The molecule has 24 heavy (non-hydrogen) atoms. The summed E-state index contributed by atoms with van der Waals surface area (Å²) in [7, 11) is 1.89. The van der Waals surface area contributed by atoms with Gasteiger partial charge in [-0.25, -0.2) is 4.79 Å². The molecule has 2 amide bonds. The molecule has 1 aliphatic heterocycles. The van der Waals surface area contributed by atoms with Crippen LogP contribution < -0.4 is 15.5 Å². The van der Waals surface area contributed by atoms with Crippen LogP contribution in [0.15, 0.2) is 36.7 Å². The minimum Gasteiger partial charge on any atom is -0.367 e. The van der Waals surface area contributed by atoms with Crippen LogP contribution in [0, 0.1) is 11.3 Å². The van der Waals surface area contributed by atoms with Gasteiger partial charge in [-0.1, -0.05) is 6.07 Å². The molecule has 0 aliphatic carbocycles. The van der Waals surface area contributed by atoms with Crippen molar-refractivity contribution in [1.82, 2.24) is 15.1 Å². The van der Waals surface area contributed by atoms with Gasteiger partial charge in [0, 0.05) is 38.1 Å². The highest BCUT2D eigenvalue weighted by atomic mass is 16.2. The van der Waals surface area contributed by atoms with Gasteiger partial charge in [-0.2, -0.15) is 10.4 Å². The zero-order valence-electron chi connectivity index (χ0n) is 13.6. The number of aromatic nitrogens is 2. The van der Waals surface area contributed by atoms with E-state index < -0.39 is 0 Å². The van der Waals surface area contributed by atoms with Crippen LogP contribution in [0.3, 0.4) is 0 Å². The quantitative estimate of drug-likeness (QED) is 0.905. The highest BCUT2D eigenvalue weighted by molar-refractivity contribution is 5.89. The first-order valence-electron chi connectivity index (χ1n) is 7.95. The van der Waals surface area contributed by atoms with Crippen molar-refractivity contribution in [2.45, 2.75) is 18.9 Å². The summed E-state index contributed by atoms with van der Waals surface area (Å²) < 4.78 is 1.78. The van der Waals surface area contributed by atoms with Crippen molar-refractivity contribution >= 4 is 17.4 Å². The van der Waals surface area contributed by atoms with E-state index in [1.54, 1.807) is 28.9 Å². The molecular weight excluding hydrogens is 304 g/mol. The lowest BCUT2D eigenvalue weighted by Crippen LogP contribution is -2.49. The number of nitrogens with zero attached hydrogens (tertiary/aromatic N) is 4. The molecule has 1 atom stereocenters. The molecule has 1 aromatic carbocycles. The van der Waals surface area contributed by atoms with Gasteiger partial charge in [-0.3, -0.25) is 4.68 Å². The minimum absolute atomic E-state index is 0.0816. The van der Waals surface area contributed by atoms with Crippen LogP contribution in [0.25, 0.3) is 0 Å². The summed E-state index contributed by atoms with van der Waals surface area (Å²) in [5.74, 6) is 0. The Balaban J connectivity index is 1.57. The predicted molar refractivity (Wildman–Crippen MR) is 91.8 cm³/mol. The van der Waals surface area contributed by atoms with Crippen LogP contribution in [0.4, 0.5) is 16.2 Å². The number of carbonyl (C=O) groups excluding carboxylic acids is 1. The van der Waals surface area contributed by atoms with Crippen molar-refractivity contribution in [2.75, 3.05) is 23.3 Å². The van der Waals surface area contributed by atoms with Crippen molar-refractivity contribution in [3.8, 4) is 6.07 Å². The smallest absolute Gasteiger partial charge is 0.319 e. The van der Waals surface area contributed by atoms with Crippen LogP contribution in [0.2, 0.25) is 0 Å². The number of aryl methyl sites for hydroxylation is 1. The zero-order chi connectivity index (χ0) is 16.9. The predicted octanol–water partition coefficient (Wildman–Crippen LogP) is 2.08. The van der Waals surface area contributed by atoms with Crippen LogP contribution in [0.5, 0.6) is 0 Å². The van der Waals surface area contributed by atoms with Crippen LogP contribution in [-0.4, -0.2) is 34.9 Å². The lowest BCUT2D eigenvalue weighted by molar-refractivity contribution is 0.246.